The third-order valence-corrected chi connectivity index (χ3v) is 9.25. The van der Waals surface area contributed by atoms with Crippen LogP contribution in [0.1, 0.15) is 18.4 Å². The van der Waals surface area contributed by atoms with Crippen LogP contribution in [-0.4, -0.2) is 100 Å². The molecule has 2 aliphatic heterocycles. The lowest BCUT2D eigenvalue weighted by Gasteiger charge is -2.34. The molecule has 4 heterocycles. The second-order valence-electron chi connectivity index (χ2n) is 10.4. The molecule has 2 saturated heterocycles. The number of sulfonamides is 1. The maximum Gasteiger partial charge on any atom is 0.415 e. The van der Waals surface area contributed by atoms with Crippen LogP contribution < -0.4 is 15.0 Å². The number of carbonyl (C=O) groups is 3. The van der Waals surface area contributed by atoms with Gasteiger partial charge in [0.05, 0.1) is 6.33 Å². The molecule has 5 rings (SSSR count). The van der Waals surface area contributed by atoms with E-state index in [0.717, 1.165) is 10.1 Å². The molecule has 14 nitrogen and oxygen atoms in total. The van der Waals surface area contributed by atoms with Crippen molar-refractivity contribution in [3.05, 3.63) is 66.7 Å². The molecule has 2 aliphatic rings. The van der Waals surface area contributed by atoms with Crippen molar-refractivity contribution >= 4 is 33.8 Å². The summed E-state index contributed by atoms with van der Waals surface area (Å²) in [5.74, 6) is -0.779. The Bertz CT molecular complexity index is 1560. The van der Waals surface area contributed by atoms with Crippen molar-refractivity contribution in [1.82, 2.24) is 29.1 Å². The van der Waals surface area contributed by atoms with Crippen molar-refractivity contribution < 1.29 is 32.6 Å². The van der Waals surface area contributed by atoms with E-state index in [1.807, 2.05) is 18.2 Å². The number of rotatable bonds is 9. The van der Waals surface area contributed by atoms with Gasteiger partial charge in [-0.2, -0.15) is 4.31 Å². The highest BCUT2D eigenvalue weighted by atomic mass is 32.2. The van der Waals surface area contributed by atoms with Gasteiger partial charge in [0, 0.05) is 58.6 Å². The van der Waals surface area contributed by atoms with Crippen LogP contribution in [0.2, 0.25) is 0 Å². The number of carboxylic acid groups (broad SMARTS) is 1. The van der Waals surface area contributed by atoms with Gasteiger partial charge in [-0.1, -0.05) is 18.2 Å². The van der Waals surface area contributed by atoms with Crippen molar-refractivity contribution in [3.63, 3.8) is 0 Å². The first-order valence-corrected chi connectivity index (χ1v) is 15.3. The SMILES string of the molecule is Cn1cnc(S(=O)(=O)N2CCC[C@H]2C(=O)N[C@@H](Cc2ccc(OC(=O)N3CCN(c4ccccn4)CC3)cc2)C(=O)O)c1. The van der Waals surface area contributed by atoms with E-state index in [1.54, 1.807) is 42.4 Å². The number of nitrogens with one attached hydrogen (secondary N) is 1. The first-order valence-electron chi connectivity index (χ1n) is 13.9. The molecule has 0 saturated carbocycles. The van der Waals surface area contributed by atoms with E-state index in [9.17, 15) is 27.9 Å². The Morgan fingerprint density at radius 1 is 1.05 bits per heavy atom. The molecule has 0 unspecified atom stereocenters. The van der Waals surface area contributed by atoms with E-state index in [1.165, 1.54) is 17.1 Å². The molecule has 2 aromatic heterocycles. The van der Waals surface area contributed by atoms with Crippen molar-refractivity contribution in [2.45, 2.75) is 36.4 Å². The number of carboxylic acids is 1. The summed E-state index contributed by atoms with van der Waals surface area (Å²) in [5, 5.41) is 12.1. The number of pyridine rings is 1. The van der Waals surface area contributed by atoms with E-state index in [2.05, 4.69) is 20.2 Å². The Labute approximate surface area is 248 Å². The van der Waals surface area contributed by atoms with E-state index >= 15 is 0 Å². The topological polar surface area (TPSA) is 167 Å². The highest BCUT2D eigenvalue weighted by Gasteiger charge is 2.41. The molecule has 3 aromatic rings. The van der Waals surface area contributed by atoms with Crippen LogP contribution >= 0.6 is 0 Å². The minimum Gasteiger partial charge on any atom is -0.480 e. The van der Waals surface area contributed by atoms with Gasteiger partial charge in [-0.3, -0.25) is 4.79 Å². The molecule has 0 spiro atoms. The predicted molar refractivity (Wildman–Crippen MR) is 154 cm³/mol. The lowest BCUT2D eigenvalue weighted by atomic mass is 10.1. The number of hydrogen-bond donors (Lipinski definition) is 2. The highest BCUT2D eigenvalue weighted by molar-refractivity contribution is 7.89. The summed E-state index contributed by atoms with van der Waals surface area (Å²) in [6, 6.07) is 9.73. The number of amides is 2. The van der Waals surface area contributed by atoms with Crippen LogP contribution in [0, 0.1) is 0 Å². The summed E-state index contributed by atoms with van der Waals surface area (Å²) in [4.78, 5) is 49.8. The van der Waals surface area contributed by atoms with Crippen molar-refractivity contribution in [2.75, 3.05) is 37.6 Å². The number of anilines is 1. The molecule has 2 fully saturated rings. The number of hydrogen-bond acceptors (Lipinski definition) is 9. The zero-order valence-corrected chi connectivity index (χ0v) is 24.4. The summed E-state index contributed by atoms with van der Waals surface area (Å²) in [6.45, 7) is 2.35. The highest BCUT2D eigenvalue weighted by Crippen LogP contribution is 2.26. The van der Waals surface area contributed by atoms with Crippen LogP contribution in [0.5, 0.6) is 5.75 Å². The minimum atomic E-state index is -4.02. The first kappa shape index (κ1) is 30.0. The van der Waals surface area contributed by atoms with Crippen LogP contribution in [0.3, 0.4) is 0 Å². The fourth-order valence-corrected chi connectivity index (χ4v) is 6.78. The Morgan fingerprint density at radius 3 is 2.42 bits per heavy atom. The minimum absolute atomic E-state index is 0.0511. The van der Waals surface area contributed by atoms with Crippen molar-refractivity contribution in [2.24, 2.45) is 7.05 Å². The van der Waals surface area contributed by atoms with E-state index in [0.29, 0.717) is 43.9 Å². The monoisotopic (exact) mass is 611 g/mol. The molecule has 2 amide bonds. The Kier molecular flexibility index (Phi) is 8.92. The Balaban J connectivity index is 1.15. The predicted octanol–water partition coefficient (Wildman–Crippen LogP) is 1.10. The van der Waals surface area contributed by atoms with Gasteiger partial charge in [0.15, 0.2) is 5.03 Å². The first-order chi connectivity index (χ1) is 20.6. The molecule has 228 valence electrons. The lowest BCUT2D eigenvalue weighted by Crippen LogP contribution is -2.51. The number of benzene rings is 1. The number of aliphatic carboxylic acids is 1. The van der Waals surface area contributed by atoms with Gasteiger partial charge in [-0.15, -0.1) is 0 Å². The number of nitrogens with zero attached hydrogens (tertiary/aromatic N) is 6. The van der Waals surface area contributed by atoms with Crippen LogP contribution in [0.4, 0.5) is 10.6 Å². The fraction of sp³-hybridized carbons (Fsp3) is 0.393. The molecule has 1 aromatic carbocycles. The summed E-state index contributed by atoms with van der Waals surface area (Å²) in [7, 11) is -2.38. The quantitative estimate of drug-likeness (QED) is 0.358. The van der Waals surface area contributed by atoms with Gasteiger partial charge in [0.25, 0.3) is 10.0 Å². The lowest BCUT2D eigenvalue weighted by molar-refractivity contribution is -0.142. The molecule has 0 aliphatic carbocycles. The molecule has 15 heteroatoms. The number of imidazole rings is 1. The maximum atomic E-state index is 13.1. The number of aromatic nitrogens is 3. The van der Waals surface area contributed by atoms with Crippen LogP contribution in [-0.2, 0) is 33.1 Å². The normalized spacial score (nSPS) is 18.3. The number of piperazine rings is 1. The average Bonchev–Trinajstić information content (AvgIpc) is 3.69. The van der Waals surface area contributed by atoms with Crippen molar-refractivity contribution in [1.29, 1.82) is 0 Å². The smallest absolute Gasteiger partial charge is 0.415 e. The second-order valence-corrected chi connectivity index (χ2v) is 12.3. The van der Waals surface area contributed by atoms with Crippen LogP contribution in [0.15, 0.2) is 66.2 Å². The second kappa shape index (κ2) is 12.8. The van der Waals surface area contributed by atoms with Gasteiger partial charge in [-0.05, 0) is 42.7 Å². The van der Waals surface area contributed by atoms with Gasteiger partial charge < -0.3 is 29.5 Å². The van der Waals surface area contributed by atoms with E-state index < -0.39 is 40.1 Å². The van der Waals surface area contributed by atoms with Gasteiger partial charge >= 0.3 is 12.1 Å². The molecular weight excluding hydrogens is 578 g/mol. The number of carbonyl (C=O) groups excluding carboxylic acids is 2. The third-order valence-electron chi connectivity index (χ3n) is 7.45. The average molecular weight is 612 g/mol. The molecular formula is C28H33N7O7S. The Morgan fingerprint density at radius 2 is 1.79 bits per heavy atom. The van der Waals surface area contributed by atoms with Gasteiger partial charge in [0.2, 0.25) is 5.91 Å². The number of aryl methyl sites for hydroxylation is 1. The largest absolute Gasteiger partial charge is 0.480 e. The molecule has 2 N–H and O–H groups in total. The standard InChI is InChI=1S/C28H33N7O7S/c1-32-18-25(30-19-32)43(40,41)35-12-4-5-23(35)26(36)31-22(27(37)38)17-20-7-9-21(10-8-20)42-28(39)34-15-13-33(14-16-34)24-6-2-3-11-29-24/h2-3,6-11,18-19,22-23H,4-5,12-17H2,1H3,(H,31,36)(H,37,38)/t22-,23-/m0/s1. The zero-order chi connectivity index (χ0) is 30.6. The summed E-state index contributed by atoms with van der Waals surface area (Å²) >= 11 is 0. The van der Waals surface area contributed by atoms with Crippen LogP contribution in [0.25, 0.3) is 0 Å². The third kappa shape index (κ3) is 6.94. The molecule has 0 bridgehead atoms. The van der Waals surface area contributed by atoms with E-state index in [4.69, 9.17) is 4.74 Å². The molecule has 43 heavy (non-hydrogen) atoms. The van der Waals surface area contributed by atoms with E-state index in [-0.39, 0.29) is 24.4 Å². The summed E-state index contributed by atoms with van der Waals surface area (Å²) in [6.07, 6.45) is 4.64. The molecule has 2 atom stereocenters. The fourth-order valence-electron chi connectivity index (χ4n) is 5.15. The summed E-state index contributed by atoms with van der Waals surface area (Å²) < 4.78 is 34.2. The Hall–Kier alpha value is -4.50. The summed E-state index contributed by atoms with van der Waals surface area (Å²) in [5.41, 5.74) is 0.584. The van der Waals surface area contributed by atoms with Gasteiger partial charge in [-0.25, -0.2) is 28.0 Å². The van der Waals surface area contributed by atoms with Crippen molar-refractivity contribution in [3.8, 4) is 5.75 Å². The zero-order valence-electron chi connectivity index (χ0n) is 23.6. The molecule has 0 radical (unpaired) electrons. The van der Waals surface area contributed by atoms with Gasteiger partial charge in [0.1, 0.15) is 23.7 Å². The number of ether oxygens (including phenoxy) is 1. The maximum absolute atomic E-state index is 13.1.